The fourth-order valence-corrected chi connectivity index (χ4v) is 7.52. The van der Waals surface area contributed by atoms with E-state index in [0.717, 1.165) is 28.0 Å². The van der Waals surface area contributed by atoms with Crippen molar-refractivity contribution < 1.29 is 18.8 Å². The average molecular weight is 476 g/mol. The van der Waals surface area contributed by atoms with E-state index < -0.39 is 28.8 Å². The number of hydrogen-bond acceptors (Lipinski definition) is 7. The van der Waals surface area contributed by atoms with Gasteiger partial charge in [-0.3, -0.25) is 29.1 Å². The van der Waals surface area contributed by atoms with Crippen LogP contribution in [0.15, 0.2) is 51.6 Å². The number of benzene rings is 1. The molecule has 1 aromatic carbocycles. The second-order valence-corrected chi connectivity index (χ2v) is 10.2. The Morgan fingerprint density at radius 2 is 1.90 bits per heavy atom. The molecule has 0 aliphatic carbocycles. The summed E-state index contributed by atoms with van der Waals surface area (Å²) in [5.41, 5.74) is 0.411. The van der Waals surface area contributed by atoms with Gasteiger partial charge in [0, 0.05) is 21.4 Å². The summed E-state index contributed by atoms with van der Waals surface area (Å²) < 4.78 is 14.4. The van der Waals surface area contributed by atoms with Gasteiger partial charge >= 0.3 is 4.87 Å². The number of nitrogens with one attached hydrogen (secondary N) is 2. The highest BCUT2D eigenvalue weighted by molar-refractivity contribution is 8.00. The second-order valence-electron chi connectivity index (χ2n) is 7.09. The van der Waals surface area contributed by atoms with E-state index in [0.29, 0.717) is 15.6 Å². The molecule has 0 spiro atoms. The smallest absolute Gasteiger partial charge is 0.308 e. The minimum absolute atomic E-state index is 0.251. The van der Waals surface area contributed by atoms with Crippen molar-refractivity contribution in [2.45, 2.75) is 22.7 Å². The molecule has 2 aliphatic rings. The highest BCUT2D eigenvalue weighted by Crippen LogP contribution is 2.52. The molecule has 4 heterocycles. The maximum Gasteiger partial charge on any atom is 0.308 e. The molecule has 1 saturated heterocycles. The first-order valence-electron chi connectivity index (χ1n) is 9.26. The first kappa shape index (κ1) is 20.2. The molecule has 3 atom stereocenters. The molecular weight excluding hydrogens is 461 g/mol. The lowest BCUT2D eigenvalue weighted by Crippen LogP contribution is -2.32. The van der Waals surface area contributed by atoms with Crippen molar-refractivity contribution in [2.75, 3.05) is 5.32 Å². The van der Waals surface area contributed by atoms with Gasteiger partial charge < -0.3 is 5.32 Å². The van der Waals surface area contributed by atoms with Crippen LogP contribution in [0.3, 0.4) is 0 Å². The van der Waals surface area contributed by atoms with E-state index in [4.69, 9.17) is 0 Å². The Kier molecular flexibility index (Phi) is 5.03. The highest BCUT2D eigenvalue weighted by atomic mass is 32.2. The van der Waals surface area contributed by atoms with E-state index in [1.165, 1.54) is 40.2 Å². The Morgan fingerprint density at radius 3 is 2.61 bits per heavy atom. The first-order valence-corrected chi connectivity index (χ1v) is 11.8. The van der Waals surface area contributed by atoms with Crippen LogP contribution in [0.4, 0.5) is 10.1 Å². The molecule has 3 aromatic rings. The third kappa shape index (κ3) is 3.52. The number of imide groups is 1. The van der Waals surface area contributed by atoms with Gasteiger partial charge in [-0.25, -0.2) is 4.39 Å². The lowest BCUT2D eigenvalue weighted by atomic mass is 9.87. The molecule has 2 N–H and O–H groups in total. The van der Waals surface area contributed by atoms with E-state index in [1.54, 1.807) is 0 Å². The van der Waals surface area contributed by atoms with Crippen molar-refractivity contribution in [3.05, 3.63) is 67.0 Å². The van der Waals surface area contributed by atoms with Gasteiger partial charge in [-0.1, -0.05) is 29.2 Å². The number of aromatic nitrogens is 1. The molecular formula is C20H14FN3O4S3. The van der Waals surface area contributed by atoms with E-state index >= 15 is 0 Å². The number of carbonyl (C=O) groups excluding carboxylic acids is 3. The molecule has 5 rings (SSSR count). The van der Waals surface area contributed by atoms with E-state index in [-0.39, 0.29) is 23.2 Å². The van der Waals surface area contributed by atoms with Crippen molar-refractivity contribution >= 4 is 57.8 Å². The maximum absolute atomic E-state index is 13.1. The zero-order chi connectivity index (χ0) is 21.7. The quantitative estimate of drug-likeness (QED) is 0.566. The summed E-state index contributed by atoms with van der Waals surface area (Å²) in [7, 11) is 0. The lowest BCUT2D eigenvalue weighted by Gasteiger charge is -2.29. The summed E-state index contributed by atoms with van der Waals surface area (Å²) in [4.78, 5) is 51.5. The number of thioether (sulfide) groups is 1. The molecule has 2 aliphatic heterocycles. The fraction of sp³-hybridized carbons (Fsp3) is 0.200. The molecule has 3 unspecified atom stereocenters. The molecule has 1 fully saturated rings. The number of rotatable bonds is 4. The number of halogens is 1. The summed E-state index contributed by atoms with van der Waals surface area (Å²) in [5, 5.41) is 6.80. The minimum atomic E-state index is -0.660. The molecule has 0 saturated carbocycles. The van der Waals surface area contributed by atoms with Crippen LogP contribution >= 0.6 is 34.4 Å². The van der Waals surface area contributed by atoms with Gasteiger partial charge in [-0.05, 0) is 35.7 Å². The highest BCUT2D eigenvalue weighted by Gasteiger charge is 2.53. The van der Waals surface area contributed by atoms with Crippen LogP contribution < -0.4 is 15.5 Å². The predicted molar refractivity (Wildman–Crippen MR) is 116 cm³/mol. The van der Waals surface area contributed by atoms with E-state index in [2.05, 4.69) is 10.6 Å². The van der Waals surface area contributed by atoms with Crippen molar-refractivity contribution in [3.63, 3.8) is 0 Å². The Labute approximate surface area is 187 Å². The first-order chi connectivity index (χ1) is 14.9. The van der Waals surface area contributed by atoms with Crippen LogP contribution in [0.25, 0.3) is 0 Å². The number of thiazole rings is 1. The Balaban J connectivity index is 1.50. The number of anilines is 1. The summed E-state index contributed by atoms with van der Waals surface area (Å²) in [6, 6.07) is 9.07. The maximum atomic E-state index is 13.1. The number of thiophene rings is 1. The normalized spacial score (nSPS) is 22.0. The SMILES string of the molecule is O=C(Cn1c2c(sc1=O)C(c1cccs1)C1C(=O)NC(=O)C1S2)Nc1ccc(F)cc1. The summed E-state index contributed by atoms with van der Waals surface area (Å²) in [6.07, 6.45) is 0. The summed E-state index contributed by atoms with van der Waals surface area (Å²) in [5.74, 6) is -2.59. The van der Waals surface area contributed by atoms with Gasteiger partial charge in [0.1, 0.15) is 17.6 Å². The van der Waals surface area contributed by atoms with Gasteiger partial charge in [0.25, 0.3) is 0 Å². The molecule has 0 bridgehead atoms. The van der Waals surface area contributed by atoms with Crippen LogP contribution in [-0.2, 0) is 20.9 Å². The van der Waals surface area contributed by atoms with Gasteiger partial charge in [0.2, 0.25) is 17.7 Å². The van der Waals surface area contributed by atoms with Gasteiger partial charge in [-0.15, -0.1) is 11.3 Å². The van der Waals surface area contributed by atoms with Crippen LogP contribution in [0.1, 0.15) is 15.7 Å². The van der Waals surface area contributed by atoms with Crippen molar-refractivity contribution in [1.82, 2.24) is 9.88 Å². The van der Waals surface area contributed by atoms with Crippen LogP contribution in [0, 0.1) is 11.7 Å². The summed E-state index contributed by atoms with van der Waals surface area (Å²) in [6.45, 7) is -0.251. The number of amides is 3. The molecule has 11 heteroatoms. The van der Waals surface area contributed by atoms with Crippen molar-refractivity contribution in [3.8, 4) is 0 Å². The predicted octanol–water partition coefficient (Wildman–Crippen LogP) is 2.63. The third-order valence-corrected chi connectivity index (χ3v) is 8.74. The largest absolute Gasteiger partial charge is 0.325 e. The van der Waals surface area contributed by atoms with Crippen LogP contribution in [0.2, 0.25) is 0 Å². The standard InChI is InChI=1S/C20H14FN3O4S3/c21-9-3-5-10(6-4-9)22-12(25)8-24-19-16(31-20(24)28)13(11-2-1-7-29-11)14-15(30-19)18(27)23-17(14)26/h1-7,13-15H,8H2,(H,22,25)(H,23,26,27). The third-order valence-electron chi connectivity index (χ3n) is 5.17. The zero-order valence-electron chi connectivity index (χ0n) is 15.7. The summed E-state index contributed by atoms with van der Waals surface area (Å²) >= 11 is 3.61. The van der Waals surface area contributed by atoms with Crippen molar-refractivity contribution in [1.29, 1.82) is 0 Å². The number of fused-ring (bicyclic) bond motifs is 2. The number of hydrogen-bond donors (Lipinski definition) is 2. The molecule has 7 nitrogen and oxygen atoms in total. The van der Waals surface area contributed by atoms with E-state index in [1.807, 2.05) is 17.5 Å². The van der Waals surface area contributed by atoms with E-state index in [9.17, 15) is 23.6 Å². The average Bonchev–Trinajstić information content (AvgIpc) is 3.43. The minimum Gasteiger partial charge on any atom is -0.325 e. The molecule has 158 valence electrons. The molecule has 2 aromatic heterocycles. The van der Waals surface area contributed by atoms with Crippen molar-refractivity contribution in [2.24, 2.45) is 5.92 Å². The topological polar surface area (TPSA) is 97.3 Å². The fourth-order valence-electron chi connectivity index (χ4n) is 3.83. The molecule has 31 heavy (non-hydrogen) atoms. The molecule has 3 amide bonds. The number of carbonyl (C=O) groups is 3. The molecule has 0 radical (unpaired) electrons. The second kappa shape index (κ2) is 7.74. The van der Waals surface area contributed by atoms with Crippen LogP contribution in [0.5, 0.6) is 0 Å². The van der Waals surface area contributed by atoms with Gasteiger partial charge in [-0.2, -0.15) is 0 Å². The zero-order valence-corrected chi connectivity index (χ0v) is 18.1. The Bertz CT molecular complexity index is 1250. The lowest BCUT2D eigenvalue weighted by molar-refractivity contribution is -0.126. The number of nitrogens with zero attached hydrogens (tertiary/aromatic N) is 1. The van der Waals surface area contributed by atoms with Crippen LogP contribution in [-0.4, -0.2) is 27.5 Å². The van der Waals surface area contributed by atoms with Gasteiger partial charge in [0.15, 0.2) is 0 Å². The monoisotopic (exact) mass is 475 g/mol. The Morgan fingerprint density at radius 1 is 1.13 bits per heavy atom. The van der Waals surface area contributed by atoms with Gasteiger partial charge in [0.05, 0.1) is 10.9 Å². The Hall–Kier alpha value is -2.76.